The molecule has 2 aromatic rings. The highest BCUT2D eigenvalue weighted by Gasteiger charge is 2.26. The summed E-state index contributed by atoms with van der Waals surface area (Å²) in [6.07, 6.45) is 1.41. The molecule has 1 aliphatic rings. The first kappa shape index (κ1) is 23.5. The number of carbonyl (C=O) groups excluding carboxylic acids is 1. The van der Waals surface area contributed by atoms with Gasteiger partial charge in [-0.15, -0.1) is 0 Å². The zero-order valence-corrected chi connectivity index (χ0v) is 18.8. The van der Waals surface area contributed by atoms with E-state index >= 15 is 0 Å². The summed E-state index contributed by atoms with van der Waals surface area (Å²) in [5, 5.41) is 3.95. The molecule has 0 unspecified atom stereocenters. The van der Waals surface area contributed by atoms with Crippen LogP contribution in [0.5, 0.6) is 17.2 Å². The molecule has 1 heterocycles. The lowest BCUT2D eigenvalue weighted by molar-refractivity contribution is 0.0730. The number of hydrazone groups is 1. The van der Waals surface area contributed by atoms with Gasteiger partial charge in [0.1, 0.15) is 0 Å². The molecule has 11 heteroatoms. The van der Waals surface area contributed by atoms with Crippen LogP contribution in [0.1, 0.15) is 15.9 Å². The van der Waals surface area contributed by atoms with Crippen LogP contribution in [0.15, 0.2) is 46.4 Å². The van der Waals surface area contributed by atoms with Gasteiger partial charge in [0.05, 0.1) is 45.7 Å². The first-order chi connectivity index (χ1) is 15.4. The fourth-order valence-corrected chi connectivity index (χ4v) is 4.59. The van der Waals surface area contributed by atoms with Gasteiger partial charge in [0.25, 0.3) is 5.91 Å². The molecule has 172 valence electrons. The van der Waals surface area contributed by atoms with Crippen LogP contribution in [-0.2, 0) is 14.8 Å². The van der Waals surface area contributed by atoms with Gasteiger partial charge >= 0.3 is 0 Å². The number of nitrogens with zero attached hydrogens (tertiary/aromatic N) is 2. The summed E-state index contributed by atoms with van der Waals surface area (Å²) in [6, 6.07) is 9.17. The Balaban J connectivity index is 1.74. The Hall–Kier alpha value is -3.15. The van der Waals surface area contributed by atoms with Crippen molar-refractivity contribution in [2.45, 2.75) is 4.90 Å². The number of nitrogens with one attached hydrogen (secondary N) is 1. The van der Waals surface area contributed by atoms with Gasteiger partial charge < -0.3 is 18.9 Å². The van der Waals surface area contributed by atoms with Gasteiger partial charge in [0.15, 0.2) is 11.5 Å². The number of carbonyl (C=O) groups is 1. The van der Waals surface area contributed by atoms with Gasteiger partial charge in [-0.1, -0.05) is 6.07 Å². The van der Waals surface area contributed by atoms with E-state index < -0.39 is 15.9 Å². The number of rotatable bonds is 8. The number of benzene rings is 2. The van der Waals surface area contributed by atoms with Crippen LogP contribution >= 0.6 is 0 Å². The molecule has 0 bridgehead atoms. The zero-order chi connectivity index (χ0) is 23.1. The van der Waals surface area contributed by atoms with Gasteiger partial charge in [0.2, 0.25) is 15.8 Å². The molecule has 1 saturated heterocycles. The molecule has 0 saturated carbocycles. The Morgan fingerprint density at radius 1 is 1.06 bits per heavy atom. The normalized spacial score (nSPS) is 14.8. The second-order valence-electron chi connectivity index (χ2n) is 6.70. The second-order valence-corrected chi connectivity index (χ2v) is 8.64. The molecule has 32 heavy (non-hydrogen) atoms. The third-order valence-corrected chi connectivity index (χ3v) is 6.67. The van der Waals surface area contributed by atoms with Crippen molar-refractivity contribution in [3.63, 3.8) is 0 Å². The number of hydrogen-bond donors (Lipinski definition) is 1. The maximum absolute atomic E-state index is 12.8. The predicted molar refractivity (Wildman–Crippen MR) is 117 cm³/mol. The molecule has 10 nitrogen and oxygen atoms in total. The van der Waals surface area contributed by atoms with Crippen LogP contribution in [-0.4, -0.2) is 72.5 Å². The number of amides is 1. The monoisotopic (exact) mass is 463 g/mol. The molecule has 3 rings (SSSR count). The van der Waals surface area contributed by atoms with Crippen LogP contribution in [0, 0.1) is 0 Å². The Labute approximate surface area is 186 Å². The second kappa shape index (κ2) is 10.4. The molecule has 1 N–H and O–H groups in total. The largest absolute Gasteiger partial charge is 0.493 e. The molecule has 1 fully saturated rings. The van der Waals surface area contributed by atoms with Crippen LogP contribution in [0.2, 0.25) is 0 Å². The molecule has 0 radical (unpaired) electrons. The van der Waals surface area contributed by atoms with Crippen LogP contribution < -0.4 is 19.6 Å². The van der Waals surface area contributed by atoms with E-state index in [4.69, 9.17) is 18.9 Å². The molecule has 0 aromatic heterocycles. The Kier molecular flexibility index (Phi) is 7.67. The number of sulfonamides is 1. The maximum atomic E-state index is 12.8. The van der Waals surface area contributed by atoms with Crippen LogP contribution in [0.3, 0.4) is 0 Å². The quantitative estimate of drug-likeness (QED) is 0.466. The van der Waals surface area contributed by atoms with Gasteiger partial charge in [0, 0.05) is 24.2 Å². The number of hydrogen-bond acceptors (Lipinski definition) is 8. The lowest BCUT2D eigenvalue weighted by Gasteiger charge is -2.26. The first-order valence-corrected chi connectivity index (χ1v) is 11.2. The SMILES string of the molecule is COc1cc(/C=N/NC(=O)c2cccc(S(=O)(=O)N3CCOCC3)c2)cc(OC)c1OC. The Morgan fingerprint density at radius 3 is 2.31 bits per heavy atom. The molecular weight excluding hydrogens is 438 g/mol. The minimum absolute atomic E-state index is 0.0423. The smallest absolute Gasteiger partial charge is 0.271 e. The summed E-state index contributed by atoms with van der Waals surface area (Å²) in [5.74, 6) is 0.781. The minimum Gasteiger partial charge on any atom is -0.493 e. The predicted octanol–water partition coefficient (Wildman–Crippen LogP) is 1.50. The summed E-state index contributed by atoms with van der Waals surface area (Å²) in [7, 11) is 0.789. The lowest BCUT2D eigenvalue weighted by atomic mass is 10.2. The van der Waals surface area contributed by atoms with Crippen molar-refractivity contribution in [2.24, 2.45) is 5.10 Å². The topological polar surface area (TPSA) is 116 Å². The fraction of sp³-hybridized carbons (Fsp3) is 0.333. The maximum Gasteiger partial charge on any atom is 0.271 e. The standard InChI is InChI=1S/C21H25N3O7S/c1-28-18-11-15(12-19(29-2)20(18)30-3)14-22-23-21(25)16-5-4-6-17(13-16)32(26,27)24-7-9-31-10-8-24/h4-6,11-14H,7-10H2,1-3H3,(H,23,25)/b22-14+. The molecule has 1 aliphatic heterocycles. The van der Waals surface area contributed by atoms with E-state index in [1.54, 1.807) is 12.1 Å². The fourth-order valence-electron chi connectivity index (χ4n) is 3.14. The first-order valence-electron chi connectivity index (χ1n) is 9.72. The molecule has 1 amide bonds. The molecule has 0 aliphatic carbocycles. The molecular formula is C21H25N3O7S. The van der Waals surface area contributed by atoms with E-state index in [0.29, 0.717) is 36.0 Å². The van der Waals surface area contributed by atoms with Crippen molar-refractivity contribution in [2.75, 3.05) is 47.6 Å². The molecule has 0 atom stereocenters. The summed E-state index contributed by atoms with van der Waals surface area (Å²) >= 11 is 0. The summed E-state index contributed by atoms with van der Waals surface area (Å²) in [4.78, 5) is 12.6. The minimum atomic E-state index is -3.71. The highest BCUT2D eigenvalue weighted by Crippen LogP contribution is 2.37. The third kappa shape index (κ3) is 5.18. The van der Waals surface area contributed by atoms with Crippen molar-refractivity contribution >= 4 is 22.1 Å². The Bertz CT molecular complexity index is 1070. The van der Waals surface area contributed by atoms with E-state index in [1.807, 2.05) is 0 Å². The van der Waals surface area contributed by atoms with Gasteiger partial charge in [-0.2, -0.15) is 9.41 Å². The highest BCUT2D eigenvalue weighted by atomic mass is 32.2. The highest BCUT2D eigenvalue weighted by molar-refractivity contribution is 7.89. The van der Waals surface area contributed by atoms with E-state index in [2.05, 4.69) is 10.5 Å². The van der Waals surface area contributed by atoms with E-state index in [1.165, 1.54) is 56.1 Å². The molecule has 0 spiro atoms. The summed E-state index contributed by atoms with van der Waals surface area (Å²) in [5.41, 5.74) is 3.17. The third-order valence-electron chi connectivity index (χ3n) is 4.77. The zero-order valence-electron chi connectivity index (χ0n) is 18.0. The van der Waals surface area contributed by atoms with Crippen molar-refractivity contribution in [3.8, 4) is 17.2 Å². The van der Waals surface area contributed by atoms with Gasteiger partial charge in [-0.25, -0.2) is 13.8 Å². The average Bonchev–Trinajstić information content (AvgIpc) is 2.83. The van der Waals surface area contributed by atoms with Crippen molar-refractivity contribution < 1.29 is 32.2 Å². The summed E-state index contributed by atoms with van der Waals surface area (Å²) < 4.78 is 48.0. The number of morpholine rings is 1. The Morgan fingerprint density at radius 2 is 1.72 bits per heavy atom. The van der Waals surface area contributed by atoms with E-state index in [9.17, 15) is 13.2 Å². The van der Waals surface area contributed by atoms with Gasteiger partial charge in [-0.3, -0.25) is 4.79 Å². The van der Waals surface area contributed by atoms with Gasteiger partial charge in [-0.05, 0) is 30.3 Å². The van der Waals surface area contributed by atoms with Crippen LogP contribution in [0.4, 0.5) is 0 Å². The van der Waals surface area contributed by atoms with E-state index in [0.717, 1.165) is 0 Å². The number of methoxy groups -OCH3 is 3. The summed E-state index contributed by atoms with van der Waals surface area (Å²) in [6.45, 7) is 1.24. The van der Waals surface area contributed by atoms with Crippen LogP contribution in [0.25, 0.3) is 0 Å². The van der Waals surface area contributed by atoms with E-state index in [-0.39, 0.29) is 23.5 Å². The van der Waals surface area contributed by atoms with Crippen molar-refractivity contribution in [3.05, 3.63) is 47.5 Å². The number of ether oxygens (including phenoxy) is 4. The lowest BCUT2D eigenvalue weighted by Crippen LogP contribution is -2.40. The van der Waals surface area contributed by atoms with Crippen molar-refractivity contribution in [1.82, 2.24) is 9.73 Å². The van der Waals surface area contributed by atoms with Crippen molar-refractivity contribution in [1.29, 1.82) is 0 Å². The average molecular weight is 464 g/mol. The molecule has 2 aromatic carbocycles.